The Bertz CT molecular complexity index is 1190. The third kappa shape index (κ3) is 5.80. The van der Waals surface area contributed by atoms with Crippen molar-refractivity contribution < 1.29 is 27.0 Å². The number of rotatable bonds is 8. The van der Waals surface area contributed by atoms with Gasteiger partial charge in [-0.3, -0.25) is 4.68 Å². The number of sulfonamides is 1. The van der Waals surface area contributed by atoms with Crippen LogP contribution in [-0.2, 0) is 21.3 Å². The molecule has 2 aromatic carbocycles. The van der Waals surface area contributed by atoms with Crippen LogP contribution >= 0.6 is 0 Å². The molecule has 0 unspecified atom stereocenters. The van der Waals surface area contributed by atoms with Crippen molar-refractivity contribution in [1.29, 1.82) is 0 Å². The standard InChI is InChI=1S/C22H24F2N4O4S/c23-16-4-7-19(8-5-16)33(30,31)26-20-9-6-18(32-22(20)14-29)10-11-28-13-21(25-27-28)15-2-1-3-17(24)12-15/h1-5,7-8,12-13,18,20,22,26,29H,6,9-11,14H2/t18-,20-,22+/m0/s1. The number of aryl methyl sites for hydroxylation is 1. The highest BCUT2D eigenvalue weighted by molar-refractivity contribution is 7.89. The lowest BCUT2D eigenvalue weighted by Crippen LogP contribution is -2.50. The summed E-state index contributed by atoms with van der Waals surface area (Å²) in [5.41, 5.74) is 1.19. The smallest absolute Gasteiger partial charge is 0.240 e. The van der Waals surface area contributed by atoms with Crippen LogP contribution in [0.15, 0.2) is 59.6 Å². The summed E-state index contributed by atoms with van der Waals surface area (Å²) >= 11 is 0. The minimum absolute atomic E-state index is 0.0528. The summed E-state index contributed by atoms with van der Waals surface area (Å²) in [5.74, 6) is -0.876. The Balaban J connectivity index is 1.33. The van der Waals surface area contributed by atoms with Gasteiger partial charge in [-0.05, 0) is 55.7 Å². The number of hydrogen-bond acceptors (Lipinski definition) is 6. The molecule has 3 aromatic rings. The van der Waals surface area contributed by atoms with Crippen LogP contribution in [0.2, 0.25) is 0 Å². The van der Waals surface area contributed by atoms with Crippen molar-refractivity contribution in [2.45, 2.75) is 49.0 Å². The largest absolute Gasteiger partial charge is 0.394 e. The van der Waals surface area contributed by atoms with E-state index < -0.39 is 28.0 Å². The van der Waals surface area contributed by atoms with Crippen molar-refractivity contribution in [3.05, 3.63) is 66.4 Å². The van der Waals surface area contributed by atoms with Crippen LogP contribution in [0, 0.1) is 11.6 Å². The maximum absolute atomic E-state index is 13.4. The summed E-state index contributed by atoms with van der Waals surface area (Å²) in [6, 6.07) is 10.0. The first-order valence-electron chi connectivity index (χ1n) is 10.5. The molecule has 11 heteroatoms. The van der Waals surface area contributed by atoms with Gasteiger partial charge in [0.2, 0.25) is 10.0 Å². The molecular formula is C22H24F2N4O4S. The summed E-state index contributed by atoms with van der Waals surface area (Å²) in [4.78, 5) is -0.0528. The van der Waals surface area contributed by atoms with Crippen LogP contribution in [0.25, 0.3) is 11.3 Å². The molecule has 4 rings (SSSR count). The monoisotopic (exact) mass is 478 g/mol. The predicted octanol–water partition coefficient (Wildman–Crippen LogP) is 2.50. The van der Waals surface area contributed by atoms with Gasteiger partial charge in [-0.1, -0.05) is 17.3 Å². The van der Waals surface area contributed by atoms with Gasteiger partial charge in [-0.25, -0.2) is 21.9 Å². The SMILES string of the molecule is O=S(=O)(N[C@H]1CC[C@@H](CCn2cc(-c3cccc(F)c3)nn2)O[C@@H]1CO)c1ccc(F)cc1. The molecule has 0 aliphatic carbocycles. The number of halogens is 2. The van der Waals surface area contributed by atoms with Crippen molar-refractivity contribution >= 4 is 10.0 Å². The second-order valence-electron chi connectivity index (χ2n) is 7.90. The second kappa shape index (κ2) is 10.0. The van der Waals surface area contributed by atoms with E-state index in [0.717, 1.165) is 12.1 Å². The number of nitrogens with zero attached hydrogens (tertiary/aromatic N) is 3. The Labute approximate surface area is 190 Å². The highest BCUT2D eigenvalue weighted by Crippen LogP contribution is 2.24. The number of aliphatic hydroxyl groups is 1. The maximum atomic E-state index is 13.4. The number of nitrogens with one attached hydrogen (secondary N) is 1. The van der Waals surface area contributed by atoms with Crippen molar-refractivity contribution in [3.63, 3.8) is 0 Å². The van der Waals surface area contributed by atoms with Gasteiger partial charge in [-0.15, -0.1) is 5.10 Å². The van der Waals surface area contributed by atoms with Crippen LogP contribution in [0.4, 0.5) is 8.78 Å². The van der Waals surface area contributed by atoms with Crippen LogP contribution < -0.4 is 4.72 Å². The first-order chi connectivity index (χ1) is 15.8. The summed E-state index contributed by atoms with van der Waals surface area (Å²) in [6.45, 7) is 0.150. The molecule has 3 atom stereocenters. The molecule has 0 saturated carbocycles. The Morgan fingerprint density at radius 3 is 2.64 bits per heavy atom. The molecule has 1 aliphatic rings. The zero-order valence-electron chi connectivity index (χ0n) is 17.6. The number of aromatic nitrogens is 3. The normalized spacial score (nSPS) is 21.2. The van der Waals surface area contributed by atoms with Gasteiger partial charge in [0.25, 0.3) is 0 Å². The number of ether oxygens (including phenoxy) is 1. The van der Waals surface area contributed by atoms with E-state index in [1.165, 1.54) is 24.3 Å². The fourth-order valence-electron chi connectivity index (χ4n) is 3.82. The lowest BCUT2D eigenvalue weighted by Gasteiger charge is -2.36. The third-order valence-corrected chi connectivity index (χ3v) is 7.07. The van der Waals surface area contributed by atoms with Gasteiger partial charge in [0, 0.05) is 12.1 Å². The second-order valence-corrected chi connectivity index (χ2v) is 9.62. The molecule has 33 heavy (non-hydrogen) atoms. The zero-order valence-corrected chi connectivity index (χ0v) is 18.5. The molecule has 0 spiro atoms. The predicted molar refractivity (Wildman–Crippen MR) is 116 cm³/mol. The van der Waals surface area contributed by atoms with Gasteiger partial charge in [-0.2, -0.15) is 0 Å². The molecule has 176 valence electrons. The van der Waals surface area contributed by atoms with Gasteiger partial charge in [0.05, 0.1) is 35.9 Å². The van der Waals surface area contributed by atoms with Crippen molar-refractivity contribution in [3.8, 4) is 11.3 Å². The van der Waals surface area contributed by atoms with Crippen molar-refractivity contribution in [2.75, 3.05) is 6.61 Å². The number of aliphatic hydroxyl groups excluding tert-OH is 1. The minimum Gasteiger partial charge on any atom is -0.394 e. The van der Waals surface area contributed by atoms with E-state index in [2.05, 4.69) is 15.0 Å². The zero-order chi connectivity index (χ0) is 23.4. The molecule has 8 nitrogen and oxygen atoms in total. The quantitative estimate of drug-likeness (QED) is 0.515. The van der Waals surface area contributed by atoms with E-state index in [1.807, 2.05) is 0 Å². The van der Waals surface area contributed by atoms with E-state index in [9.17, 15) is 22.3 Å². The topological polar surface area (TPSA) is 106 Å². The molecule has 0 amide bonds. The van der Waals surface area contributed by atoms with E-state index in [4.69, 9.17) is 4.74 Å². The van der Waals surface area contributed by atoms with Gasteiger partial charge < -0.3 is 9.84 Å². The molecular weight excluding hydrogens is 454 g/mol. The van der Waals surface area contributed by atoms with Crippen LogP contribution in [0.5, 0.6) is 0 Å². The average Bonchev–Trinajstić information content (AvgIpc) is 3.28. The van der Waals surface area contributed by atoms with Crippen molar-refractivity contribution in [2.24, 2.45) is 0 Å². The van der Waals surface area contributed by atoms with Gasteiger partial charge >= 0.3 is 0 Å². The number of hydrogen-bond donors (Lipinski definition) is 2. The van der Waals surface area contributed by atoms with E-state index in [0.29, 0.717) is 37.1 Å². The molecule has 0 bridgehead atoms. The minimum atomic E-state index is -3.88. The van der Waals surface area contributed by atoms with Crippen LogP contribution in [-0.4, -0.2) is 53.4 Å². The first kappa shape index (κ1) is 23.4. The van der Waals surface area contributed by atoms with E-state index in [-0.39, 0.29) is 23.4 Å². The lowest BCUT2D eigenvalue weighted by atomic mass is 9.98. The summed E-state index contributed by atoms with van der Waals surface area (Å²) in [5, 5.41) is 17.9. The third-order valence-electron chi connectivity index (χ3n) is 5.57. The first-order valence-corrected chi connectivity index (χ1v) is 12.0. The van der Waals surface area contributed by atoms with Gasteiger partial charge in [0.15, 0.2) is 0 Å². The molecule has 0 radical (unpaired) electrons. The molecule has 1 aliphatic heterocycles. The van der Waals surface area contributed by atoms with E-state index in [1.54, 1.807) is 23.0 Å². The van der Waals surface area contributed by atoms with Crippen LogP contribution in [0.3, 0.4) is 0 Å². The lowest BCUT2D eigenvalue weighted by molar-refractivity contribution is -0.0891. The van der Waals surface area contributed by atoms with Crippen LogP contribution in [0.1, 0.15) is 19.3 Å². The fourth-order valence-corrected chi connectivity index (χ4v) is 5.12. The fraction of sp³-hybridized carbons (Fsp3) is 0.364. The summed E-state index contributed by atoms with van der Waals surface area (Å²) in [6.07, 6.45) is 2.45. The highest BCUT2D eigenvalue weighted by atomic mass is 32.2. The molecule has 1 aromatic heterocycles. The maximum Gasteiger partial charge on any atom is 0.240 e. The Morgan fingerprint density at radius 1 is 1.12 bits per heavy atom. The summed E-state index contributed by atoms with van der Waals surface area (Å²) < 4.78 is 61.8. The average molecular weight is 479 g/mol. The highest BCUT2D eigenvalue weighted by Gasteiger charge is 2.34. The molecule has 1 saturated heterocycles. The van der Waals surface area contributed by atoms with E-state index >= 15 is 0 Å². The van der Waals surface area contributed by atoms with Crippen molar-refractivity contribution in [1.82, 2.24) is 19.7 Å². The Kier molecular flexibility index (Phi) is 7.13. The molecule has 2 heterocycles. The molecule has 1 fully saturated rings. The molecule has 2 N–H and O–H groups in total. The Morgan fingerprint density at radius 2 is 1.91 bits per heavy atom. The Hall–Kier alpha value is -2.73. The summed E-state index contributed by atoms with van der Waals surface area (Å²) in [7, 11) is -3.88. The van der Waals surface area contributed by atoms with Gasteiger partial charge in [0.1, 0.15) is 17.3 Å². The number of benzene rings is 2.